The Balaban J connectivity index is 3.44. The van der Waals surface area contributed by atoms with Crippen LogP contribution in [0.3, 0.4) is 0 Å². The Morgan fingerprint density at radius 2 is 2.27 bits per heavy atom. The molecular formula is C9H8BrF2NO2. The van der Waals surface area contributed by atoms with Crippen molar-refractivity contribution in [3.05, 3.63) is 28.6 Å². The monoisotopic (exact) mass is 279 g/mol. The zero-order valence-electron chi connectivity index (χ0n) is 7.80. The molecule has 0 saturated carbocycles. The summed E-state index contributed by atoms with van der Waals surface area (Å²) in [4.78, 5) is 14.3. The van der Waals surface area contributed by atoms with Gasteiger partial charge in [0.1, 0.15) is 5.69 Å². The average Bonchev–Trinajstić information content (AvgIpc) is 2.16. The zero-order chi connectivity index (χ0) is 11.6. The van der Waals surface area contributed by atoms with Gasteiger partial charge in [0.15, 0.2) is 0 Å². The van der Waals surface area contributed by atoms with Crippen molar-refractivity contribution in [2.24, 2.45) is 0 Å². The molecule has 0 aliphatic heterocycles. The van der Waals surface area contributed by atoms with E-state index in [0.29, 0.717) is 16.5 Å². The number of aromatic carboxylic acids is 1. The molecule has 0 saturated heterocycles. The molecule has 0 spiro atoms. The van der Waals surface area contributed by atoms with Gasteiger partial charge in [0.05, 0.1) is 5.56 Å². The van der Waals surface area contributed by atoms with Gasteiger partial charge in [-0.15, -0.1) is 0 Å². The van der Waals surface area contributed by atoms with Gasteiger partial charge in [-0.2, -0.15) is 0 Å². The minimum Gasteiger partial charge on any atom is -0.478 e. The first-order valence-corrected chi connectivity index (χ1v) is 5.17. The number of rotatable bonds is 3. The molecule has 82 valence electrons. The third kappa shape index (κ3) is 2.31. The summed E-state index contributed by atoms with van der Waals surface area (Å²) in [5.41, 5.74) is -0.159. The minimum atomic E-state index is -2.88. The summed E-state index contributed by atoms with van der Waals surface area (Å²) in [5, 5.41) is 9.21. The Kier molecular flexibility index (Phi) is 3.73. The van der Waals surface area contributed by atoms with E-state index in [2.05, 4.69) is 20.9 Å². The van der Waals surface area contributed by atoms with Crippen molar-refractivity contribution in [2.45, 2.75) is 18.7 Å². The Morgan fingerprint density at radius 3 is 2.67 bits per heavy atom. The highest BCUT2D eigenvalue weighted by molar-refractivity contribution is 9.08. The first-order valence-electron chi connectivity index (χ1n) is 4.04. The third-order valence-corrected chi connectivity index (χ3v) is 2.64. The second-order valence-electron chi connectivity index (χ2n) is 2.91. The first-order chi connectivity index (χ1) is 6.99. The van der Waals surface area contributed by atoms with Crippen molar-refractivity contribution in [1.82, 2.24) is 4.98 Å². The summed E-state index contributed by atoms with van der Waals surface area (Å²) in [7, 11) is 0. The van der Waals surface area contributed by atoms with Crippen molar-refractivity contribution in [1.29, 1.82) is 0 Å². The molecule has 0 bridgehead atoms. The third-order valence-electron chi connectivity index (χ3n) is 2.04. The standard InChI is InChI=1S/C9H8BrF2NO2/c1-4-5(2-10)3-13-7(8(11)12)6(4)9(14)15/h3,8H,2H2,1H3,(H,14,15). The lowest BCUT2D eigenvalue weighted by atomic mass is 10.0. The van der Waals surface area contributed by atoms with Crippen LogP contribution in [0.1, 0.15) is 33.6 Å². The normalized spacial score (nSPS) is 10.7. The summed E-state index contributed by atoms with van der Waals surface area (Å²) >= 11 is 3.13. The van der Waals surface area contributed by atoms with E-state index in [1.165, 1.54) is 13.1 Å². The highest BCUT2D eigenvalue weighted by Gasteiger charge is 2.23. The molecule has 0 aliphatic rings. The van der Waals surface area contributed by atoms with Crippen LogP contribution in [0.5, 0.6) is 0 Å². The van der Waals surface area contributed by atoms with E-state index in [4.69, 9.17) is 5.11 Å². The van der Waals surface area contributed by atoms with Gasteiger partial charge in [-0.25, -0.2) is 13.6 Å². The Hall–Kier alpha value is -1.04. The Morgan fingerprint density at radius 1 is 1.67 bits per heavy atom. The van der Waals surface area contributed by atoms with E-state index in [9.17, 15) is 13.6 Å². The number of carboxylic acid groups (broad SMARTS) is 1. The van der Waals surface area contributed by atoms with Gasteiger partial charge in [-0.05, 0) is 18.1 Å². The topological polar surface area (TPSA) is 50.2 Å². The van der Waals surface area contributed by atoms with Gasteiger partial charge in [0, 0.05) is 11.5 Å². The van der Waals surface area contributed by atoms with Crippen molar-refractivity contribution in [2.75, 3.05) is 0 Å². The minimum absolute atomic E-state index is 0.324. The van der Waals surface area contributed by atoms with Crippen LogP contribution in [0.25, 0.3) is 0 Å². The maximum atomic E-state index is 12.5. The molecule has 6 heteroatoms. The van der Waals surface area contributed by atoms with E-state index < -0.39 is 23.7 Å². The van der Waals surface area contributed by atoms with Crippen molar-refractivity contribution in [3.63, 3.8) is 0 Å². The number of hydrogen-bond acceptors (Lipinski definition) is 2. The summed E-state index contributed by atoms with van der Waals surface area (Å²) < 4.78 is 24.9. The molecule has 0 amide bonds. The van der Waals surface area contributed by atoms with Crippen LogP contribution < -0.4 is 0 Å². The van der Waals surface area contributed by atoms with Crippen LogP contribution in [0.4, 0.5) is 8.78 Å². The number of nitrogens with zero attached hydrogens (tertiary/aromatic N) is 1. The molecule has 1 heterocycles. The fraction of sp³-hybridized carbons (Fsp3) is 0.333. The molecule has 0 atom stereocenters. The number of carbonyl (C=O) groups is 1. The number of hydrogen-bond donors (Lipinski definition) is 1. The lowest BCUT2D eigenvalue weighted by molar-refractivity contribution is 0.0681. The molecule has 15 heavy (non-hydrogen) atoms. The largest absolute Gasteiger partial charge is 0.478 e. The van der Waals surface area contributed by atoms with E-state index in [1.807, 2.05) is 0 Å². The maximum Gasteiger partial charge on any atom is 0.338 e. The summed E-state index contributed by atoms with van der Waals surface area (Å²) in [6.45, 7) is 1.49. The molecule has 1 N–H and O–H groups in total. The van der Waals surface area contributed by atoms with Gasteiger partial charge >= 0.3 is 5.97 Å². The summed E-state index contributed by atoms with van der Waals surface area (Å²) in [5.74, 6) is -1.38. The molecule has 3 nitrogen and oxygen atoms in total. The quantitative estimate of drug-likeness (QED) is 0.866. The van der Waals surface area contributed by atoms with E-state index >= 15 is 0 Å². The number of halogens is 3. The predicted molar refractivity (Wildman–Crippen MR) is 53.5 cm³/mol. The Labute approximate surface area is 93.3 Å². The smallest absolute Gasteiger partial charge is 0.338 e. The fourth-order valence-electron chi connectivity index (χ4n) is 1.23. The molecule has 0 aromatic carbocycles. The second-order valence-corrected chi connectivity index (χ2v) is 3.47. The van der Waals surface area contributed by atoms with Crippen molar-refractivity contribution in [3.8, 4) is 0 Å². The molecule has 1 rings (SSSR count). The van der Waals surface area contributed by atoms with Crippen LogP contribution >= 0.6 is 15.9 Å². The van der Waals surface area contributed by atoms with Gasteiger partial charge in [-0.3, -0.25) is 4.98 Å². The molecule has 0 unspecified atom stereocenters. The number of carboxylic acids is 1. The number of alkyl halides is 3. The van der Waals surface area contributed by atoms with Crippen LogP contribution in [0.2, 0.25) is 0 Å². The first kappa shape index (κ1) is 12.0. The maximum absolute atomic E-state index is 12.5. The highest BCUT2D eigenvalue weighted by Crippen LogP contribution is 2.25. The average molecular weight is 280 g/mol. The predicted octanol–water partition coefficient (Wildman–Crippen LogP) is 2.92. The highest BCUT2D eigenvalue weighted by atomic mass is 79.9. The zero-order valence-corrected chi connectivity index (χ0v) is 9.38. The van der Waals surface area contributed by atoms with Crippen LogP contribution in [-0.4, -0.2) is 16.1 Å². The van der Waals surface area contributed by atoms with Crippen molar-refractivity contribution < 1.29 is 18.7 Å². The Bertz CT molecular complexity index is 396. The number of aromatic nitrogens is 1. The molecular weight excluding hydrogens is 272 g/mol. The lowest BCUT2D eigenvalue weighted by Crippen LogP contribution is -2.10. The summed E-state index contributed by atoms with van der Waals surface area (Å²) in [6.07, 6.45) is -1.61. The molecule has 0 aliphatic carbocycles. The van der Waals surface area contributed by atoms with E-state index in [-0.39, 0.29) is 0 Å². The van der Waals surface area contributed by atoms with Crippen LogP contribution in [0, 0.1) is 6.92 Å². The SMILES string of the molecule is Cc1c(CBr)cnc(C(F)F)c1C(=O)O. The number of pyridine rings is 1. The van der Waals surface area contributed by atoms with Crippen LogP contribution in [-0.2, 0) is 5.33 Å². The van der Waals surface area contributed by atoms with Gasteiger partial charge in [0.2, 0.25) is 0 Å². The van der Waals surface area contributed by atoms with Gasteiger partial charge in [-0.1, -0.05) is 15.9 Å². The van der Waals surface area contributed by atoms with E-state index in [1.54, 1.807) is 0 Å². The van der Waals surface area contributed by atoms with Crippen LogP contribution in [0.15, 0.2) is 6.20 Å². The second kappa shape index (κ2) is 4.65. The molecule has 1 aromatic heterocycles. The fourth-order valence-corrected chi connectivity index (χ4v) is 1.80. The van der Waals surface area contributed by atoms with Gasteiger partial charge < -0.3 is 5.11 Å². The van der Waals surface area contributed by atoms with E-state index in [0.717, 1.165) is 0 Å². The van der Waals surface area contributed by atoms with Crippen molar-refractivity contribution >= 4 is 21.9 Å². The molecule has 1 aromatic rings. The van der Waals surface area contributed by atoms with Gasteiger partial charge in [0.25, 0.3) is 6.43 Å². The summed E-state index contributed by atoms with van der Waals surface area (Å²) in [6, 6.07) is 0. The lowest BCUT2D eigenvalue weighted by Gasteiger charge is -2.10. The molecule has 0 fully saturated rings. The molecule has 0 radical (unpaired) electrons.